The molecule has 0 heterocycles. The van der Waals surface area contributed by atoms with Crippen LogP contribution in [-0.4, -0.2) is 17.6 Å². The summed E-state index contributed by atoms with van der Waals surface area (Å²) in [4.78, 5) is 11.2. The van der Waals surface area contributed by atoms with Crippen molar-refractivity contribution in [1.82, 2.24) is 0 Å². The molecule has 0 atom stereocenters. The summed E-state index contributed by atoms with van der Waals surface area (Å²) in [6.45, 7) is 0. The number of halogens is 1. The molecule has 0 aliphatic carbocycles. The highest BCUT2D eigenvalue weighted by Crippen LogP contribution is 2.31. The maximum Gasteiger partial charge on any atom is 0.151 e. The van der Waals surface area contributed by atoms with Gasteiger partial charge in [-0.25, -0.2) is 0 Å². The van der Waals surface area contributed by atoms with Crippen LogP contribution < -0.4 is 0 Å². The highest BCUT2D eigenvalue weighted by Gasteiger charge is 2.05. The van der Waals surface area contributed by atoms with Crippen molar-refractivity contribution in [3.8, 4) is 5.75 Å². The monoisotopic (exact) mass is 246 g/mol. The summed E-state index contributed by atoms with van der Waals surface area (Å²) in [7, 11) is 0. The first-order valence-corrected chi connectivity index (χ1v) is 5.22. The van der Waals surface area contributed by atoms with Crippen LogP contribution in [0.5, 0.6) is 5.75 Å². The second kappa shape index (κ2) is 3.96. The van der Waals surface area contributed by atoms with Crippen LogP contribution in [0.25, 0.3) is 0 Å². The fourth-order valence-electron chi connectivity index (χ4n) is 0.812. The number of hydrogen-bond acceptors (Lipinski definition) is 3. The van der Waals surface area contributed by atoms with E-state index in [4.69, 9.17) is 0 Å². The first-order chi connectivity index (χ1) is 5.69. The Kier molecular flexibility index (Phi) is 3.17. The predicted octanol–water partition coefficient (Wildman–Crippen LogP) is 2.69. The first-order valence-electron chi connectivity index (χ1n) is 3.20. The fourth-order valence-corrected chi connectivity index (χ4v) is 1.75. The van der Waals surface area contributed by atoms with E-state index in [0.29, 0.717) is 14.9 Å². The Labute approximate surface area is 83.1 Å². The molecule has 0 aliphatic heterocycles. The second-order valence-electron chi connectivity index (χ2n) is 2.16. The number of phenolic OH excluding ortho intramolecular Hbond substituents is 1. The minimum absolute atomic E-state index is 0.194. The quantitative estimate of drug-likeness (QED) is 0.644. The lowest BCUT2D eigenvalue weighted by Gasteiger charge is -2.03. The van der Waals surface area contributed by atoms with Crippen molar-refractivity contribution in [2.24, 2.45) is 0 Å². The zero-order chi connectivity index (χ0) is 9.14. The zero-order valence-electron chi connectivity index (χ0n) is 6.37. The van der Waals surface area contributed by atoms with E-state index in [1.54, 1.807) is 6.07 Å². The highest BCUT2D eigenvalue weighted by molar-refractivity contribution is 9.10. The third kappa shape index (κ3) is 1.81. The van der Waals surface area contributed by atoms with E-state index in [2.05, 4.69) is 15.9 Å². The van der Waals surface area contributed by atoms with E-state index in [1.165, 1.54) is 17.8 Å². The molecule has 0 amide bonds. The van der Waals surface area contributed by atoms with Gasteiger partial charge in [-0.2, -0.15) is 0 Å². The molecule has 1 aromatic carbocycles. The van der Waals surface area contributed by atoms with Gasteiger partial charge in [-0.1, -0.05) is 0 Å². The smallest absolute Gasteiger partial charge is 0.151 e. The van der Waals surface area contributed by atoms with Crippen molar-refractivity contribution >= 4 is 34.0 Å². The van der Waals surface area contributed by atoms with Crippen LogP contribution in [0, 0.1) is 0 Å². The maximum atomic E-state index is 10.5. The number of aromatic hydroxyl groups is 1. The Morgan fingerprint density at radius 2 is 2.25 bits per heavy atom. The van der Waals surface area contributed by atoms with E-state index >= 15 is 0 Å². The van der Waals surface area contributed by atoms with Gasteiger partial charge in [0.2, 0.25) is 0 Å². The van der Waals surface area contributed by atoms with Crippen LogP contribution in [0.4, 0.5) is 0 Å². The minimum atomic E-state index is 0.194. The van der Waals surface area contributed by atoms with Crippen LogP contribution in [-0.2, 0) is 0 Å². The molecule has 2 nitrogen and oxygen atoms in total. The summed E-state index contributed by atoms with van der Waals surface area (Å²) in [5.74, 6) is 0.194. The van der Waals surface area contributed by atoms with Crippen molar-refractivity contribution in [3.05, 3.63) is 22.2 Å². The molecule has 1 aromatic rings. The van der Waals surface area contributed by atoms with Gasteiger partial charge in [0, 0.05) is 14.9 Å². The lowest BCUT2D eigenvalue weighted by Crippen LogP contribution is -1.83. The van der Waals surface area contributed by atoms with Gasteiger partial charge in [-0.3, -0.25) is 4.79 Å². The Morgan fingerprint density at radius 3 is 2.75 bits per heavy atom. The zero-order valence-corrected chi connectivity index (χ0v) is 8.78. The van der Waals surface area contributed by atoms with Gasteiger partial charge < -0.3 is 5.11 Å². The molecule has 0 bridgehead atoms. The van der Waals surface area contributed by atoms with Crippen molar-refractivity contribution in [3.63, 3.8) is 0 Å². The van der Waals surface area contributed by atoms with Gasteiger partial charge in [-0.15, -0.1) is 11.8 Å². The average molecular weight is 247 g/mol. The minimum Gasteiger partial charge on any atom is -0.507 e. The van der Waals surface area contributed by atoms with Gasteiger partial charge in [0.1, 0.15) is 5.75 Å². The molecule has 1 N–H and O–H groups in total. The Balaban J connectivity index is 3.26. The molecule has 0 aromatic heterocycles. The summed E-state index contributed by atoms with van der Waals surface area (Å²) in [6, 6.07) is 3.17. The van der Waals surface area contributed by atoms with E-state index in [1.807, 2.05) is 6.26 Å². The summed E-state index contributed by atoms with van der Waals surface area (Å²) in [6.07, 6.45) is 2.60. The number of rotatable bonds is 2. The van der Waals surface area contributed by atoms with Crippen LogP contribution >= 0.6 is 27.7 Å². The number of benzene rings is 1. The molecule has 0 aliphatic rings. The highest BCUT2D eigenvalue weighted by atomic mass is 79.9. The Hall–Kier alpha value is -0.480. The lowest BCUT2D eigenvalue weighted by atomic mass is 10.2. The lowest BCUT2D eigenvalue weighted by molar-refractivity contribution is 0.112. The van der Waals surface area contributed by atoms with Crippen LogP contribution in [0.1, 0.15) is 10.4 Å². The van der Waals surface area contributed by atoms with Crippen molar-refractivity contribution in [1.29, 1.82) is 0 Å². The average Bonchev–Trinajstić information content (AvgIpc) is 2.05. The van der Waals surface area contributed by atoms with E-state index < -0.39 is 0 Å². The molecular formula is C8H7BrO2S. The first kappa shape index (κ1) is 9.61. The molecule has 0 spiro atoms. The third-order valence-electron chi connectivity index (χ3n) is 1.43. The molecule has 4 heteroatoms. The Bertz CT molecular complexity index is 312. The van der Waals surface area contributed by atoms with Crippen molar-refractivity contribution in [2.45, 2.75) is 4.90 Å². The van der Waals surface area contributed by atoms with E-state index in [0.717, 1.165) is 6.29 Å². The number of hydrogen-bond donors (Lipinski definition) is 1. The summed E-state index contributed by atoms with van der Waals surface area (Å²) < 4.78 is 0.618. The van der Waals surface area contributed by atoms with Gasteiger partial charge in [-0.05, 0) is 34.3 Å². The van der Waals surface area contributed by atoms with Gasteiger partial charge in [0.15, 0.2) is 6.29 Å². The summed E-state index contributed by atoms with van der Waals surface area (Å²) in [5.41, 5.74) is 0.553. The molecule has 0 unspecified atom stereocenters. The number of carbonyl (C=O) groups is 1. The maximum absolute atomic E-state index is 10.5. The summed E-state index contributed by atoms with van der Waals surface area (Å²) >= 11 is 4.57. The van der Waals surface area contributed by atoms with Gasteiger partial charge >= 0.3 is 0 Å². The standard InChI is InChI=1S/C8H7BrO2S/c1-12-8-2-5(4-10)6(9)3-7(8)11/h2-4,11H,1H3. The van der Waals surface area contributed by atoms with Gasteiger partial charge in [0.05, 0.1) is 0 Å². The Morgan fingerprint density at radius 1 is 1.58 bits per heavy atom. The number of aldehydes is 1. The van der Waals surface area contributed by atoms with E-state index in [9.17, 15) is 9.90 Å². The molecule has 0 saturated carbocycles. The molecule has 1 rings (SSSR count). The van der Waals surface area contributed by atoms with E-state index in [-0.39, 0.29) is 5.75 Å². The number of thioether (sulfide) groups is 1. The van der Waals surface area contributed by atoms with Crippen molar-refractivity contribution < 1.29 is 9.90 Å². The molecule has 0 radical (unpaired) electrons. The summed E-state index contributed by atoms with van der Waals surface area (Å²) in [5, 5.41) is 9.34. The molecule has 12 heavy (non-hydrogen) atoms. The SMILES string of the molecule is CSc1cc(C=O)c(Br)cc1O. The molecule has 64 valence electrons. The topological polar surface area (TPSA) is 37.3 Å². The van der Waals surface area contributed by atoms with Crippen molar-refractivity contribution in [2.75, 3.05) is 6.26 Å². The third-order valence-corrected chi connectivity index (χ3v) is 2.88. The number of carbonyl (C=O) groups excluding carboxylic acids is 1. The van der Waals surface area contributed by atoms with Crippen LogP contribution in [0.3, 0.4) is 0 Å². The van der Waals surface area contributed by atoms with Crippen LogP contribution in [0.15, 0.2) is 21.5 Å². The molecule has 0 saturated heterocycles. The predicted molar refractivity (Wildman–Crippen MR) is 53.0 cm³/mol. The normalized spacial score (nSPS) is 9.83. The fraction of sp³-hybridized carbons (Fsp3) is 0.125. The second-order valence-corrected chi connectivity index (χ2v) is 3.87. The largest absolute Gasteiger partial charge is 0.507 e. The van der Waals surface area contributed by atoms with Crippen LogP contribution in [0.2, 0.25) is 0 Å². The molecule has 0 fully saturated rings. The molecular weight excluding hydrogens is 240 g/mol. The number of phenols is 1. The van der Waals surface area contributed by atoms with Gasteiger partial charge in [0.25, 0.3) is 0 Å².